The number of ether oxygens (including phenoxy) is 1. The molecule has 1 fully saturated rings. The van der Waals surface area contributed by atoms with Crippen molar-refractivity contribution in [1.82, 2.24) is 5.32 Å². The number of halogens is 1. The first-order valence-electron chi connectivity index (χ1n) is 4.81. The lowest BCUT2D eigenvalue weighted by atomic mass is 9.93. The Balaban J connectivity index is 2.20. The van der Waals surface area contributed by atoms with Gasteiger partial charge in [-0.05, 0) is 6.07 Å². The standard InChI is InChI=1S/C11H10FNO3/c1-6(14)16-10-9(13-11(10)15)7-4-2-3-5-8(7)12/h2-5,9-10H,1H3,(H,13,15). The molecule has 1 heterocycles. The van der Waals surface area contributed by atoms with E-state index in [0.717, 1.165) is 0 Å². The van der Waals surface area contributed by atoms with Gasteiger partial charge in [0.15, 0.2) is 0 Å². The van der Waals surface area contributed by atoms with Crippen molar-refractivity contribution in [3.63, 3.8) is 0 Å². The maximum absolute atomic E-state index is 13.4. The molecule has 16 heavy (non-hydrogen) atoms. The largest absolute Gasteiger partial charge is 0.450 e. The minimum Gasteiger partial charge on any atom is -0.450 e. The average Bonchev–Trinajstić information content (AvgIpc) is 2.24. The van der Waals surface area contributed by atoms with E-state index in [9.17, 15) is 14.0 Å². The van der Waals surface area contributed by atoms with E-state index in [-0.39, 0.29) is 0 Å². The predicted molar refractivity (Wildman–Crippen MR) is 52.8 cm³/mol. The first-order valence-corrected chi connectivity index (χ1v) is 4.81. The van der Waals surface area contributed by atoms with Gasteiger partial charge in [-0.2, -0.15) is 0 Å². The van der Waals surface area contributed by atoms with Crippen LogP contribution in [0.25, 0.3) is 0 Å². The van der Waals surface area contributed by atoms with E-state index in [1.165, 1.54) is 13.0 Å². The number of esters is 1. The molecule has 1 aromatic rings. The van der Waals surface area contributed by atoms with Crippen LogP contribution in [0.5, 0.6) is 0 Å². The number of carbonyl (C=O) groups excluding carboxylic acids is 2. The summed E-state index contributed by atoms with van der Waals surface area (Å²) in [7, 11) is 0. The van der Waals surface area contributed by atoms with E-state index in [1.807, 2.05) is 0 Å². The van der Waals surface area contributed by atoms with Crippen LogP contribution in [0.2, 0.25) is 0 Å². The SMILES string of the molecule is CC(=O)OC1C(=O)NC1c1ccccc1F. The van der Waals surface area contributed by atoms with E-state index < -0.39 is 29.8 Å². The third kappa shape index (κ3) is 1.76. The van der Waals surface area contributed by atoms with Crippen LogP contribution in [-0.2, 0) is 14.3 Å². The van der Waals surface area contributed by atoms with Gasteiger partial charge in [-0.25, -0.2) is 4.39 Å². The van der Waals surface area contributed by atoms with Crippen LogP contribution >= 0.6 is 0 Å². The second-order valence-corrected chi connectivity index (χ2v) is 3.54. The Morgan fingerprint density at radius 1 is 1.44 bits per heavy atom. The van der Waals surface area contributed by atoms with Crippen molar-refractivity contribution in [3.05, 3.63) is 35.6 Å². The monoisotopic (exact) mass is 223 g/mol. The van der Waals surface area contributed by atoms with Crippen LogP contribution in [-0.4, -0.2) is 18.0 Å². The molecule has 1 N–H and O–H groups in total. The zero-order valence-electron chi connectivity index (χ0n) is 8.57. The van der Waals surface area contributed by atoms with Crippen molar-refractivity contribution in [2.45, 2.75) is 19.1 Å². The highest BCUT2D eigenvalue weighted by Crippen LogP contribution is 2.28. The van der Waals surface area contributed by atoms with Gasteiger partial charge in [0.1, 0.15) is 11.9 Å². The Labute approximate surface area is 91.4 Å². The van der Waals surface area contributed by atoms with Crippen molar-refractivity contribution < 1.29 is 18.7 Å². The van der Waals surface area contributed by atoms with Gasteiger partial charge in [0.25, 0.3) is 5.91 Å². The van der Waals surface area contributed by atoms with E-state index in [4.69, 9.17) is 4.74 Å². The Morgan fingerprint density at radius 3 is 2.69 bits per heavy atom. The molecule has 0 saturated carbocycles. The second kappa shape index (κ2) is 3.92. The van der Waals surface area contributed by atoms with Gasteiger partial charge in [-0.3, -0.25) is 9.59 Å². The molecular weight excluding hydrogens is 213 g/mol. The number of amides is 1. The number of rotatable bonds is 2. The molecule has 0 radical (unpaired) electrons. The fraction of sp³-hybridized carbons (Fsp3) is 0.273. The van der Waals surface area contributed by atoms with E-state index in [0.29, 0.717) is 5.56 Å². The summed E-state index contributed by atoms with van der Waals surface area (Å²) in [5.41, 5.74) is 0.327. The van der Waals surface area contributed by atoms with Crippen molar-refractivity contribution in [2.24, 2.45) is 0 Å². The second-order valence-electron chi connectivity index (χ2n) is 3.54. The first kappa shape index (κ1) is 10.6. The fourth-order valence-electron chi connectivity index (χ4n) is 1.63. The molecular formula is C11H10FNO3. The zero-order valence-corrected chi connectivity index (χ0v) is 8.57. The number of benzene rings is 1. The maximum atomic E-state index is 13.4. The molecule has 0 spiro atoms. The molecule has 2 rings (SSSR count). The van der Waals surface area contributed by atoms with Crippen LogP contribution in [0.1, 0.15) is 18.5 Å². The van der Waals surface area contributed by atoms with Gasteiger partial charge in [-0.1, -0.05) is 18.2 Å². The van der Waals surface area contributed by atoms with Crippen LogP contribution in [0.3, 0.4) is 0 Å². The van der Waals surface area contributed by atoms with Crippen LogP contribution in [0.15, 0.2) is 24.3 Å². The summed E-state index contributed by atoms with van der Waals surface area (Å²) in [4.78, 5) is 21.9. The number of carbonyl (C=O) groups is 2. The highest BCUT2D eigenvalue weighted by Gasteiger charge is 2.44. The average molecular weight is 223 g/mol. The molecule has 4 nitrogen and oxygen atoms in total. The summed E-state index contributed by atoms with van der Waals surface area (Å²) in [6.07, 6.45) is -0.922. The minimum atomic E-state index is -0.922. The summed E-state index contributed by atoms with van der Waals surface area (Å²) in [6, 6.07) is 5.48. The van der Waals surface area contributed by atoms with Crippen molar-refractivity contribution in [3.8, 4) is 0 Å². The lowest BCUT2D eigenvalue weighted by molar-refractivity contribution is -0.164. The van der Waals surface area contributed by atoms with Gasteiger partial charge in [0.05, 0.1) is 0 Å². The fourth-order valence-corrected chi connectivity index (χ4v) is 1.63. The lowest BCUT2D eigenvalue weighted by Crippen LogP contribution is -2.57. The van der Waals surface area contributed by atoms with Crippen LogP contribution in [0.4, 0.5) is 4.39 Å². The summed E-state index contributed by atoms with van der Waals surface area (Å²) in [5, 5.41) is 2.50. The molecule has 1 saturated heterocycles. The predicted octanol–water partition coefficient (Wildman–Crippen LogP) is 0.928. The Morgan fingerprint density at radius 2 is 2.12 bits per heavy atom. The number of hydrogen-bond donors (Lipinski definition) is 1. The van der Waals surface area contributed by atoms with Gasteiger partial charge < -0.3 is 10.1 Å². The molecule has 2 unspecified atom stereocenters. The zero-order chi connectivity index (χ0) is 11.7. The Kier molecular flexibility index (Phi) is 2.60. The summed E-state index contributed by atoms with van der Waals surface area (Å²) >= 11 is 0. The highest BCUT2D eigenvalue weighted by molar-refractivity contribution is 5.90. The minimum absolute atomic E-state index is 0.327. The molecule has 1 amide bonds. The lowest BCUT2D eigenvalue weighted by Gasteiger charge is -2.35. The number of hydrogen-bond acceptors (Lipinski definition) is 3. The third-order valence-electron chi connectivity index (χ3n) is 2.39. The molecule has 5 heteroatoms. The van der Waals surface area contributed by atoms with Crippen LogP contribution < -0.4 is 5.32 Å². The van der Waals surface area contributed by atoms with Crippen LogP contribution in [0, 0.1) is 5.82 Å². The molecule has 0 bridgehead atoms. The smallest absolute Gasteiger partial charge is 0.303 e. The molecule has 84 valence electrons. The van der Waals surface area contributed by atoms with Gasteiger partial charge in [0.2, 0.25) is 6.10 Å². The number of nitrogens with one attached hydrogen (secondary N) is 1. The van der Waals surface area contributed by atoms with Gasteiger partial charge in [0, 0.05) is 12.5 Å². The maximum Gasteiger partial charge on any atom is 0.303 e. The van der Waals surface area contributed by atoms with E-state index in [2.05, 4.69) is 5.32 Å². The van der Waals surface area contributed by atoms with Crippen molar-refractivity contribution in [2.75, 3.05) is 0 Å². The Bertz CT molecular complexity index is 447. The van der Waals surface area contributed by atoms with Gasteiger partial charge >= 0.3 is 5.97 Å². The normalized spacial score (nSPS) is 23.2. The Hall–Kier alpha value is -1.91. The third-order valence-corrected chi connectivity index (χ3v) is 2.39. The van der Waals surface area contributed by atoms with Crippen molar-refractivity contribution in [1.29, 1.82) is 0 Å². The summed E-state index contributed by atoms with van der Waals surface area (Å²) in [5.74, 6) is -1.38. The topological polar surface area (TPSA) is 55.4 Å². The first-order chi connectivity index (χ1) is 7.59. The molecule has 1 aliphatic heterocycles. The van der Waals surface area contributed by atoms with E-state index in [1.54, 1.807) is 18.2 Å². The summed E-state index contributed by atoms with van der Waals surface area (Å²) in [6.45, 7) is 1.21. The molecule has 1 aliphatic rings. The van der Waals surface area contributed by atoms with Gasteiger partial charge in [-0.15, -0.1) is 0 Å². The molecule has 0 aliphatic carbocycles. The summed E-state index contributed by atoms with van der Waals surface area (Å²) < 4.78 is 18.2. The molecule has 2 atom stereocenters. The molecule has 0 aromatic heterocycles. The highest BCUT2D eigenvalue weighted by atomic mass is 19.1. The molecule has 1 aromatic carbocycles. The van der Waals surface area contributed by atoms with E-state index >= 15 is 0 Å². The quantitative estimate of drug-likeness (QED) is 0.599. The van der Waals surface area contributed by atoms with Crippen molar-refractivity contribution >= 4 is 11.9 Å². The number of β-lactam (4-membered cyclic amide) rings is 1.